The highest BCUT2D eigenvalue weighted by Crippen LogP contribution is 2.17. The number of aliphatic hydroxyl groups excluding tert-OH is 2. The molecule has 1 amide bonds. The average Bonchev–Trinajstić information content (AvgIpc) is 2.86. The summed E-state index contributed by atoms with van der Waals surface area (Å²) in [7, 11) is 0. The number of β-amino-alcohol motifs (C(OH)–C–C–N with tert-alkyl or cyclic N) is 2. The number of carbonyl (C=O) groups excluding carboxylic acids is 1. The van der Waals surface area contributed by atoms with Crippen molar-refractivity contribution in [2.45, 2.75) is 31.5 Å². The molecule has 0 spiro atoms. The molecule has 2 fully saturated rings. The first-order chi connectivity index (χ1) is 7.66. The minimum absolute atomic E-state index is 0.0579. The maximum atomic E-state index is 11.8. The van der Waals surface area contributed by atoms with Crippen molar-refractivity contribution in [2.24, 2.45) is 5.92 Å². The molecule has 0 aromatic heterocycles. The number of amides is 1. The van der Waals surface area contributed by atoms with E-state index < -0.39 is 12.2 Å². The highest BCUT2D eigenvalue weighted by atomic mass is 16.3. The lowest BCUT2D eigenvalue weighted by Gasteiger charge is -2.16. The van der Waals surface area contributed by atoms with Crippen LogP contribution in [-0.4, -0.2) is 59.4 Å². The number of rotatable bonds is 3. The van der Waals surface area contributed by atoms with Crippen molar-refractivity contribution in [3.8, 4) is 0 Å². The molecule has 92 valence electrons. The lowest BCUT2D eigenvalue weighted by atomic mass is 10.0. The number of likely N-dealkylation sites (tertiary alicyclic amines) is 1. The minimum Gasteiger partial charge on any atom is -0.388 e. The summed E-state index contributed by atoms with van der Waals surface area (Å²) >= 11 is 0. The summed E-state index contributed by atoms with van der Waals surface area (Å²) in [5.41, 5.74) is 0. The lowest BCUT2D eigenvalue weighted by molar-refractivity contribution is -0.131. The summed E-state index contributed by atoms with van der Waals surface area (Å²) in [5.74, 6) is 0.670. The van der Waals surface area contributed by atoms with Crippen LogP contribution in [-0.2, 0) is 4.79 Å². The maximum Gasteiger partial charge on any atom is 0.222 e. The molecule has 0 radical (unpaired) electrons. The number of aliphatic hydroxyl groups is 2. The van der Waals surface area contributed by atoms with Gasteiger partial charge in [0.2, 0.25) is 5.91 Å². The van der Waals surface area contributed by atoms with E-state index in [9.17, 15) is 15.0 Å². The fourth-order valence-electron chi connectivity index (χ4n) is 2.42. The maximum absolute atomic E-state index is 11.8. The Morgan fingerprint density at radius 1 is 1.31 bits per heavy atom. The highest BCUT2D eigenvalue weighted by molar-refractivity contribution is 5.76. The summed E-state index contributed by atoms with van der Waals surface area (Å²) in [6.07, 6.45) is 1.06. The number of carbonyl (C=O) groups is 1. The Kier molecular flexibility index (Phi) is 3.78. The Balaban J connectivity index is 1.71. The molecule has 5 heteroatoms. The van der Waals surface area contributed by atoms with Crippen LogP contribution in [0.1, 0.15) is 19.3 Å². The molecule has 2 aliphatic rings. The van der Waals surface area contributed by atoms with Gasteiger partial charge in [-0.05, 0) is 31.8 Å². The van der Waals surface area contributed by atoms with Gasteiger partial charge in [0.05, 0.1) is 12.2 Å². The van der Waals surface area contributed by atoms with Crippen LogP contribution in [0.15, 0.2) is 0 Å². The molecule has 3 atom stereocenters. The van der Waals surface area contributed by atoms with Crippen LogP contribution in [0.3, 0.4) is 0 Å². The number of hydrogen-bond acceptors (Lipinski definition) is 4. The summed E-state index contributed by atoms with van der Waals surface area (Å²) in [5, 5.41) is 22.0. The molecule has 2 saturated heterocycles. The van der Waals surface area contributed by atoms with E-state index in [1.165, 1.54) is 0 Å². The first-order valence-electron chi connectivity index (χ1n) is 6.01. The Morgan fingerprint density at radius 3 is 2.56 bits per heavy atom. The molecule has 0 aromatic carbocycles. The topological polar surface area (TPSA) is 72.8 Å². The van der Waals surface area contributed by atoms with Crippen molar-refractivity contribution >= 4 is 5.91 Å². The van der Waals surface area contributed by atoms with Crippen molar-refractivity contribution in [1.82, 2.24) is 10.2 Å². The Hall–Kier alpha value is -0.650. The van der Waals surface area contributed by atoms with Gasteiger partial charge < -0.3 is 20.4 Å². The van der Waals surface area contributed by atoms with Crippen LogP contribution < -0.4 is 5.32 Å². The van der Waals surface area contributed by atoms with Gasteiger partial charge in [-0.3, -0.25) is 4.79 Å². The van der Waals surface area contributed by atoms with Crippen molar-refractivity contribution in [3.05, 3.63) is 0 Å². The number of nitrogens with zero attached hydrogens (tertiary/aromatic N) is 1. The van der Waals surface area contributed by atoms with E-state index in [1.807, 2.05) is 0 Å². The average molecular weight is 228 g/mol. The van der Waals surface area contributed by atoms with Crippen LogP contribution in [0.5, 0.6) is 0 Å². The monoisotopic (exact) mass is 228 g/mol. The van der Waals surface area contributed by atoms with E-state index in [4.69, 9.17) is 0 Å². The van der Waals surface area contributed by atoms with Gasteiger partial charge in [-0.25, -0.2) is 0 Å². The quantitative estimate of drug-likeness (QED) is 0.576. The molecule has 2 heterocycles. The third kappa shape index (κ3) is 2.72. The van der Waals surface area contributed by atoms with Gasteiger partial charge in [0.15, 0.2) is 0 Å². The molecular weight excluding hydrogens is 208 g/mol. The third-order valence-electron chi connectivity index (χ3n) is 3.54. The lowest BCUT2D eigenvalue weighted by Crippen LogP contribution is -2.30. The van der Waals surface area contributed by atoms with E-state index in [0.717, 1.165) is 25.9 Å². The Morgan fingerprint density at radius 2 is 2.00 bits per heavy atom. The van der Waals surface area contributed by atoms with E-state index in [0.29, 0.717) is 12.3 Å². The van der Waals surface area contributed by atoms with Crippen molar-refractivity contribution in [3.63, 3.8) is 0 Å². The van der Waals surface area contributed by atoms with Crippen LogP contribution in [0.4, 0.5) is 0 Å². The van der Waals surface area contributed by atoms with Gasteiger partial charge in [-0.1, -0.05) is 0 Å². The minimum atomic E-state index is -0.767. The van der Waals surface area contributed by atoms with Crippen molar-refractivity contribution in [1.29, 1.82) is 0 Å². The Labute approximate surface area is 95.4 Å². The Bertz CT molecular complexity index is 244. The fraction of sp³-hybridized carbons (Fsp3) is 0.909. The van der Waals surface area contributed by atoms with E-state index in [-0.39, 0.29) is 19.0 Å². The van der Waals surface area contributed by atoms with E-state index in [1.54, 1.807) is 4.90 Å². The van der Waals surface area contributed by atoms with E-state index >= 15 is 0 Å². The smallest absolute Gasteiger partial charge is 0.222 e. The molecule has 16 heavy (non-hydrogen) atoms. The standard InChI is InChI=1S/C11H20N2O3/c14-9-6-13(7-10(9)15)11(16)2-1-8-3-4-12-5-8/h8-10,12,14-15H,1-7H2/t8?,9-,10+. The largest absolute Gasteiger partial charge is 0.388 e. The first-order valence-corrected chi connectivity index (χ1v) is 6.01. The third-order valence-corrected chi connectivity index (χ3v) is 3.54. The predicted molar refractivity (Wildman–Crippen MR) is 58.8 cm³/mol. The summed E-state index contributed by atoms with van der Waals surface area (Å²) < 4.78 is 0. The van der Waals surface area contributed by atoms with Crippen LogP contribution in [0, 0.1) is 5.92 Å². The molecule has 5 nitrogen and oxygen atoms in total. The second-order valence-electron chi connectivity index (χ2n) is 4.83. The molecule has 0 aromatic rings. The molecule has 2 rings (SSSR count). The van der Waals surface area contributed by atoms with Gasteiger partial charge in [0.25, 0.3) is 0 Å². The zero-order chi connectivity index (χ0) is 11.5. The van der Waals surface area contributed by atoms with Gasteiger partial charge >= 0.3 is 0 Å². The van der Waals surface area contributed by atoms with Gasteiger partial charge in [0, 0.05) is 19.5 Å². The fourth-order valence-corrected chi connectivity index (χ4v) is 2.42. The normalized spacial score (nSPS) is 34.6. The molecule has 0 saturated carbocycles. The van der Waals surface area contributed by atoms with Gasteiger partial charge in [-0.15, -0.1) is 0 Å². The molecule has 1 unspecified atom stereocenters. The highest BCUT2D eigenvalue weighted by Gasteiger charge is 2.32. The second-order valence-corrected chi connectivity index (χ2v) is 4.83. The summed E-state index contributed by atoms with van der Waals surface area (Å²) in [6, 6.07) is 0. The van der Waals surface area contributed by atoms with Crippen LogP contribution in [0.25, 0.3) is 0 Å². The molecular formula is C11H20N2O3. The zero-order valence-corrected chi connectivity index (χ0v) is 9.43. The molecule has 0 aliphatic carbocycles. The van der Waals surface area contributed by atoms with Crippen LogP contribution >= 0.6 is 0 Å². The number of nitrogens with one attached hydrogen (secondary N) is 1. The van der Waals surface area contributed by atoms with Crippen molar-refractivity contribution in [2.75, 3.05) is 26.2 Å². The second kappa shape index (κ2) is 5.12. The van der Waals surface area contributed by atoms with Crippen molar-refractivity contribution < 1.29 is 15.0 Å². The number of hydrogen-bond donors (Lipinski definition) is 3. The predicted octanol–water partition coefficient (Wildman–Crippen LogP) is -1.06. The zero-order valence-electron chi connectivity index (χ0n) is 9.43. The molecule has 2 aliphatic heterocycles. The van der Waals surface area contributed by atoms with Crippen LogP contribution in [0.2, 0.25) is 0 Å². The summed E-state index contributed by atoms with van der Waals surface area (Å²) in [6.45, 7) is 2.63. The SMILES string of the molecule is O=C(CCC1CCNC1)N1C[C@@H](O)[C@@H](O)C1. The van der Waals surface area contributed by atoms with Gasteiger partial charge in [0.1, 0.15) is 0 Å². The van der Waals surface area contributed by atoms with E-state index in [2.05, 4.69) is 5.32 Å². The summed E-state index contributed by atoms with van der Waals surface area (Å²) in [4.78, 5) is 13.3. The van der Waals surface area contributed by atoms with Gasteiger partial charge in [-0.2, -0.15) is 0 Å². The molecule has 0 bridgehead atoms. The molecule has 3 N–H and O–H groups in total. The first kappa shape index (κ1) is 11.8.